The molecule has 2 saturated carbocycles. The molecule has 1 aromatic carbocycles. The summed E-state index contributed by atoms with van der Waals surface area (Å²) in [6.45, 7) is 1.82. The molecule has 4 nitrogen and oxygen atoms in total. The van der Waals surface area contributed by atoms with Crippen molar-refractivity contribution in [2.75, 3.05) is 0 Å². The van der Waals surface area contributed by atoms with Gasteiger partial charge in [-0.25, -0.2) is 0 Å². The summed E-state index contributed by atoms with van der Waals surface area (Å²) in [7, 11) is 0. The van der Waals surface area contributed by atoms with Crippen LogP contribution in [-0.2, 0) is 9.59 Å². The molecule has 5 unspecified atom stereocenters. The first-order valence-corrected chi connectivity index (χ1v) is 7.04. The lowest BCUT2D eigenvalue weighted by Crippen LogP contribution is -2.29. The summed E-state index contributed by atoms with van der Waals surface area (Å²) >= 11 is 0. The second kappa shape index (κ2) is 4.42. The second-order valence-electron chi connectivity index (χ2n) is 5.88. The van der Waals surface area contributed by atoms with E-state index in [4.69, 9.17) is 0 Å². The molecule has 20 heavy (non-hydrogen) atoms. The summed E-state index contributed by atoms with van der Waals surface area (Å²) in [4.78, 5) is 23.8. The van der Waals surface area contributed by atoms with Crippen LogP contribution in [0.1, 0.15) is 31.4 Å². The van der Waals surface area contributed by atoms with Gasteiger partial charge in [0.1, 0.15) is 5.78 Å². The molecule has 0 amide bonds. The Balaban J connectivity index is 1.79. The Morgan fingerprint density at radius 1 is 1.40 bits per heavy atom. The molecule has 3 rings (SSSR count). The lowest BCUT2D eigenvalue weighted by molar-refractivity contribution is -0.147. The molecule has 0 saturated heterocycles. The van der Waals surface area contributed by atoms with Crippen LogP contribution >= 0.6 is 0 Å². The van der Waals surface area contributed by atoms with Gasteiger partial charge in [0, 0.05) is 11.8 Å². The van der Waals surface area contributed by atoms with Crippen LogP contribution in [0.25, 0.3) is 0 Å². The van der Waals surface area contributed by atoms with Crippen LogP contribution in [-0.4, -0.2) is 22.0 Å². The zero-order valence-corrected chi connectivity index (χ0v) is 11.3. The molecule has 2 fully saturated rings. The van der Waals surface area contributed by atoms with Crippen molar-refractivity contribution < 1.29 is 19.8 Å². The number of carbonyl (C=O) groups is 2. The number of hydrogen-bond donors (Lipinski definition) is 2. The van der Waals surface area contributed by atoms with E-state index in [2.05, 4.69) is 0 Å². The summed E-state index contributed by atoms with van der Waals surface area (Å²) < 4.78 is 0. The number of benzene rings is 1. The fourth-order valence-electron chi connectivity index (χ4n) is 4.03. The number of rotatable bonds is 4. The third kappa shape index (κ3) is 1.57. The molecule has 0 aromatic heterocycles. The number of ketones is 1. The van der Waals surface area contributed by atoms with Gasteiger partial charge in [0.2, 0.25) is 0 Å². The van der Waals surface area contributed by atoms with Gasteiger partial charge in [-0.05, 0) is 24.3 Å². The van der Waals surface area contributed by atoms with Crippen LogP contribution in [0, 0.1) is 23.2 Å². The highest BCUT2D eigenvalue weighted by Gasteiger charge is 2.76. The molecule has 4 heteroatoms. The molecule has 0 radical (unpaired) electrons. The average Bonchev–Trinajstić information content (AvgIpc) is 3.01. The third-order valence-corrected chi connectivity index (χ3v) is 5.20. The first kappa shape index (κ1) is 13.3. The largest absolute Gasteiger partial charge is 0.481 e. The van der Waals surface area contributed by atoms with Crippen molar-refractivity contribution in [2.45, 2.75) is 25.9 Å². The van der Waals surface area contributed by atoms with Gasteiger partial charge in [-0.15, -0.1) is 0 Å². The lowest BCUT2D eigenvalue weighted by Gasteiger charge is -2.23. The highest BCUT2D eigenvalue weighted by Crippen LogP contribution is 2.69. The van der Waals surface area contributed by atoms with Gasteiger partial charge in [-0.3, -0.25) is 9.59 Å². The van der Waals surface area contributed by atoms with Crippen LogP contribution in [0.15, 0.2) is 30.3 Å². The molecule has 0 heterocycles. The van der Waals surface area contributed by atoms with Gasteiger partial charge < -0.3 is 10.2 Å². The number of Topliss-reactive ketones (excluding diaryl/α,β-unsaturated/α-hetero) is 1. The maximum absolute atomic E-state index is 12.4. The quantitative estimate of drug-likeness (QED) is 0.881. The molecule has 2 N–H and O–H groups in total. The van der Waals surface area contributed by atoms with Crippen molar-refractivity contribution in [3.05, 3.63) is 35.9 Å². The third-order valence-electron chi connectivity index (χ3n) is 5.20. The molecule has 2 aliphatic rings. The van der Waals surface area contributed by atoms with Gasteiger partial charge in [0.25, 0.3) is 0 Å². The maximum Gasteiger partial charge on any atom is 0.310 e. The van der Waals surface area contributed by atoms with Gasteiger partial charge in [-0.2, -0.15) is 0 Å². The van der Waals surface area contributed by atoms with Crippen LogP contribution in [0.2, 0.25) is 0 Å². The zero-order chi connectivity index (χ0) is 14.5. The zero-order valence-electron chi connectivity index (χ0n) is 11.3. The first-order valence-electron chi connectivity index (χ1n) is 7.04. The van der Waals surface area contributed by atoms with Crippen LogP contribution in [0.4, 0.5) is 0 Å². The Kier molecular flexibility index (Phi) is 2.94. The number of carboxylic acids is 1. The molecule has 2 aliphatic carbocycles. The molecular formula is C16H18O4. The number of aliphatic hydroxyl groups is 1. The Morgan fingerprint density at radius 2 is 2.05 bits per heavy atom. The monoisotopic (exact) mass is 274 g/mol. The Morgan fingerprint density at radius 3 is 2.50 bits per heavy atom. The lowest BCUT2D eigenvalue weighted by atomic mass is 9.83. The highest BCUT2D eigenvalue weighted by molar-refractivity contribution is 5.98. The van der Waals surface area contributed by atoms with Gasteiger partial charge in [-0.1, -0.05) is 37.3 Å². The van der Waals surface area contributed by atoms with Gasteiger partial charge >= 0.3 is 5.97 Å². The predicted octanol–water partition coefficient (Wildman–Crippen LogP) is 2.04. The number of fused-ring (bicyclic) bond motifs is 1. The van der Waals surface area contributed by atoms with E-state index in [1.54, 1.807) is 12.1 Å². The fraction of sp³-hybridized carbons (Fsp3) is 0.500. The smallest absolute Gasteiger partial charge is 0.310 e. The van der Waals surface area contributed by atoms with E-state index in [0.29, 0.717) is 12.8 Å². The number of aliphatic hydroxyl groups excluding tert-OH is 1. The van der Waals surface area contributed by atoms with Crippen LogP contribution < -0.4 is 0 Å². The molecule has 0 bridgehead atoms. The number of aliphatic carboxylic acids is 1. The summed E-state index contributed by atoms with van der Waals surface area (Å²) in [6.07, 6.45) is 0.150. The first-order chi connectivity index (χ1) is 9.54. The minimum Gasteiger partial charge on any atom is -0.481 e. The van der Waals surface area contributed by atoms with Gasteiger partial charge in [0.15, 0.2) is 0 Å². The summed E-state index contributed by atoms with van der Waals surface area (Å²) in [5.74, 6) is -1.88. The van der Waals surface area contributed by atoms with E-state index in [-0.39, 0.29) is 11.7 Å². The Hall–Kier alpha value is -1.68. The van der Waals surface area contributed by atoms with E-state index in [0.717, 1.165) is 5.56 Å². The number of carboxylic acid groups (broad SMARTS) is 1. The molecule has 0 spiro atoms. The molecule has 5 atom stereocenters. The predicted molar refractivity (Wildman–Crippen MR) is 71.9 cm³/mol. The fourth-order valence-corrected chi connectivity index (χ4v) is 4.03. The van der Waals surface area contributed by atoms with E-state index in [1.807, 2.05) is 25.1 Å². The maximum atomic E-state index is 12.4. The molecular weight excluding hydrogens is 256 g/mol. The van der Waals surface area contributed by atoms with Gasteiger partial charge in [0.05, 0.1) is 11.5 Å². The van der Waals surface area contributed by atoms with Crippen LogP contribution in [0.3, 0.4) is 0 Å². The summed E-state index contributed by atoms with van der Waals surface area (Å²) in [5.41, 5.74) is -0.131. The van der Waals surface area contributed by atoms with Crippen molar-refractivity contribution in [1.82, 2.24) is 0 Å². The topological polar surface area (TPSA) is 74.6 Å². The van der Waals surface area contributed by atoms with Crippen molar-refractivity contribution >= 4 is 11.8 Å². The van der Waals surface area contributed by atoms with E-state index in [9.17, 15) is 19.8 Å². The minimum atomic E-state index is -0.865. The van der Waals surface area contributed by atoms with E-state index >= 15 is 0 Å². The average molecular weight is 274 g/mol. The summed E-state index contributed by atoms with van der Waals surface area (Å²) in [6, 6.07) is 9.10. The van der Waals surface area contributed by atoms with Crippen molar-refractivity contribution in [3.8, 4) is 0 Å². The highest BCUT2D eigenvalue weighted by atomic mass is 16.4. The van der Waals surface area contributed by atoms with Crippen LogP contribution in [0.5, 0.6) is 0 Å². The minimum absolute atomic E-state index is 0.0735. The standard InChI is InChI=1S/C16H18O4/c1-2-16(15(19)20)11-8-10(14(18)12(11)16)13(17)9-6-4-3-5-7-9/h3-7,10-13,17H,2,8H2,1H3,(H,19,20). The number of carbonyl (C=O) groups excluding carboxylic acids is 1. The number of hydrogen-bond acceptors (Lipinski definition) is 3. The van der Waals surface area contributed by atoms with Crippen molar-refractivity contribution in [3.63, 3.8) is 0 Å². The second-order valence-corrected chi connectivity index (χ2v) is 5.88. The van der Waals surface area contributed by atoms with Crippen molar-refractivity contribution in [1.29, 1.82) is 0 Å². The SMILES string of the molecule is CCC1(C(=O)O)C2CC(C(O)c3ccccc3)C(=O)C21. The normalized spacial score (nSPS) is 36.5. The van der Waals surface area contributed by atoms with E-state index < -0.39 is 29.3 Å². The Bertz CT molecular complexity index is 553. The molecule has 0 aliphatic heterocycles. The molecule has 106 valence electrons. The Labute approximate surface area is 117 Å². The molecule has 1 aromatic rings. The summed E-state index contributed by atoms with van der Waals surface area (Å²) in [5, 5.41) is 19.7. The van der Waals surface area contributed by atoms with E-state index in [1.165, 1.54) is 0 Å². The van der Waals surface area contributed by atoms with Crippen molar-refractivity contribution in [2.24, 2.45) is 23.2 Å².